The quantitative estimate of drug-likeness (QED) is 0.823. The van der Waals surface area contributed by atoms with E-state index in [9.17, 15) is 0 Å². The van der Waals surface area contributed by atoms with Crippen LogP contribution in [0.5, 0.6) is 0 Å². The van der Waals surface area contributed by atoms with Crippen LogP contribution in [-0.2, 0) is 6.54 Å². The van der Waals surface area contributed by atoms with Gasteiger partial charge in [-0.15, -0.1) is 0 Å². The Labute approximate surface area is 94.7 Å². The summed E-state index contributed by atoms with van der Waals surface area (Å²) in [7, 11) is 0. The van der Waals surface area contributed by atoms with Crippen molar-refractivity contribution in [3.8, 4) is 0 Å². The van der Waals surface area contributed by atoms with E-state index in [4.69, 9.17) is 5.73 Å². The summed E-state index contributed by atoms with van der Waals surface area (Å²) in [6, 6.07) is 0. The smallest absolute Gasteiger partial charge is 0.159 e. The maximum Gasteiger partial charge on any atom is 0.159 e. The van der Waals surface area contributed by atoms with Crippen molar-refractivity contribution in [2.24, 2.45) is 0 Å². The van der Waals surface area contributed by atoms with Crippen LogP contribution in [0.3, 0.4) is 0 Å². The van der Waals surface area contributed by atoms with Crippen molar-refractivity contribution in [2.75, 3.05) is 17.6 Å². The lowest BCUT2D eigenvalue weighted by molar-refractivity contribution is 0.617. The number of nitrogens with one attached hydrogen (secondary N) is 1. The minimum absolute atomic E-state index is 0.672. The van der Waals surface area contributed by atoms with E-state index in [1.807, 2.05) is 17.8 Å². The average Bonchev–Trinajstić information content (AvgIpc) is 2.67. The number of anilines is 2. The zero-order chi connectivity index (χ0) is 11.5. The maximum absolute atomic E-state index is 5.89. The van der Waals surface area contributed by atoms with Gasteiger partial charge in [-0.2, -0.15) is 5.10 Å². The number of nitrogens with zero attached hydrogens (tertiary/aromatic N) is 3. The summed E-state index contributed by atoms with van der Waals surface area (Å²) >= 11 is 0. The van der Waals surface area contributed by atoms with Gasteiger partial charge in [-0.25, -0.2) is 9.67 Å². The van der Waals surface area contributed by atoms with Crippen LogP contribution in [0.1, 0.15) is 20.3 Å². The number of fused-ring (bicyclic) bond motifs is 1. The van der Waals surface area contributed by atoms with Gasteiger partial charge < -0.3 is 11.1 Å². The second kappa shape index (κ2) is 4.38. The summed E-state index contributed by atoms with van der Waals surface area (Å²) in [5, 5.41) is 8.58. The van der Waals surface area contributed by atoms with Crippen molar-refractivity contribution in [1.29, 1.82) is 0 Å². The fraction of sp³-hybridized carbons (Fsp3) is 0.455. The predicted molar refractivity (Wildman–Crippen MR) is 66.4 cm³/mol. The van der Waals surface area contributed by atoms with Crippen molar-refractivity contribution < 1.29 is 0 Å². The molecule has 0 amide bonds. The molecule has 0 spiro atoms. The van der Waals surface area contributed by atoms with E-state index in [0.29, 0.717) is 5.69 Å². The number of nitrogens with two attached hydrogens (primary N) is 1. The minimum atomic E-state index is 0.672. The molecule has 2 heterocycles. The standard InChI is InChI=1S/C11H17N5/c1-3-5-16-11-8(6-15-16)10(13-4-2)9(12)7-14-11/h6-7H,3-5,12H2,1-2H3,(H,13,14). The molecule has 0 unspecified atom stereocenters. The minimum Gasteiger partial charge on any atom is -0.396 e. The Kier molecular flexibility index (Phi) is 2.94. The SMILES string of the molecule is CCCn1ncc2c(NCC)c(N)cnc21. The van der Waals surface area contributed by atoms with E-state index in [2.05, 4.69) is 22.3 Å². The first-order valence-corrected chi connectivity index (χ1v) is 5.61. The fourth-order valence-corrected chi connectivity index (χ4v) is 1.79. The van der Waals surface area contributed by atoms with Crippen LogP contribution in [0, 0.1) is 0 Å². The summed E-state index contributed by atoms with van der Waals surface area (Å²) < 4.78 is 1.91. The van der Waals surface area contributed by atoms with Crippen LogP contribution in [0.2, 0.25) is 0 Å². The zero-order valence-electron chi connectivity index (χ0n) is 9.70. The Morgan fingerprint density at radius 2 is 2.19 bits per heavy atom. The highest BCUT2D eigenvalue weighted by molar-refractivity contribution is 5.95. The number of aromatic nitrogens is 3. The van der Waals surface area contributed by atoms with Gasteiger partial charge in [0.15, 0.2) is 5.65 Å². The predicted octanol–water partition coefficient (Wildman–Crippen LogP) is 1.86. The average molecular weight is 219 g/mol. The largest absolute Gasteiger partial charge is 0.396 e. The molecule has 2 aromatic rings. The molecule has 5 heteroatoms. The molecule has 0 bridgehead atoms. The molecule has 0 saturated carbocycles. The third kappa shape index (κ3) is 1.68. The van der Waals surface area contributed by atoms with Crippen LogP contribution in [-0.4, -0.2) is 21.3 Å². The van der Waals surface area contributed by atoms with Crippen molar-refractivity contribution in [3.05, 3.63) is 12.4 Å². The summed E-state index contributed by atoms with van der Waals surface area (Å²) in [5.74, 6) is 0. The summed E-state index contributed by atoms with van der Waals surface area (Å²) in [6.45, 7) is 5.88. The summed E-state index contributed by atoms with van der Waals surface area (Å²) in [4.78, 5) is 4.34. The van der Waals surface area contributed by atoms with Crippen LogP contribution >= 0.6 is 0 Å². The number of hydrogen-bond acceptors (Lipinski definition) is 4. The molecule has 5 nitrogen and oxygen atoms in total. The van der Waals surface area contributed by atoms with E-state index < -0.39 is 0 Å². The van der Waals surface area contributed by atoms with Gasteiger partial charge in [-0.05, 0) is 13.3 Å². The Hall–Kier alpha value is -1.78. The first kappa shape index (κ1) is 10.7. The summed E-state index contributed by atoms with van der Waals surface area (Å²) in [6.07, 6.45) is 4.56. The Bertz CT molecular complexity index is 488. The number of rotatable bonds is 4. The Morgan fingerprint density at radius 1 is 1.38 bits per heavy atom. The fourth-order valence-electron chi connectivity index (χ4n) is 1.79. The van der Waals surface area contributed by atoms with Gasteiger partial charge in [0.25, 0.3) is 0 Å². The monoisotopic (exact) mass is 219 g/mol. The summed E-state index contributed by atoms with van der Waals surface area (Å²) in [5.41, 5.74) is 8.40. The lowest BCUT2D eigenvalue weighted by atomic mass is 10.2. The van der Waals surface area contributed by atoms with Crippen LogP contribution in [0.4, 0.5) is 11.4 Å². The van der Waals surface area contributed by atoms with Crippen molar-refractivity contribution >= 4 is 22.4 Å². The van der Waals surface area contributed by atoms with Gasteiger partial charge >= 0.3 is 0 Å². The van der Waals surface area contributed by atoms with Gasteiger partial charge in [0.2, 0.25) is 0 Å². The molecule has 16 heavy (non-hydrogen) atoms. The second-order valence-corrected chi connectivity index (χ2v) is 3.72. The molecular formula is C11H17N5. The number of pyridine rings is 1. The Balaban J connectivity index is 2.56. The molecule has 0 aliphatic rings. The third-order valence-corrected chi connectivity index (χ3v) is 2.48. The third-order valence-electron chi connectivity index (χ3n) is 2.48. The van der Waals surface area contributed by atoms with E-state index >= 15 is 0 Å². The Morgan fingerprint density at radius 3 is 2.88 bits per heavy atom. The van der Waals surface area contributed by atoms with E-state index in [1.54, 1.807) is 6.20 Å². The van der Waals surface area contributed by atoms with E-state index in [0.717, 1.165) is 36.2 Å². The molecule has 2 rings (SSSR count). The van der Waals surface area contributed by atoms with Crippen LogP contribution in [0.15, 0.2) is 12.4 Å². The van der Waals surface area contributed by atoms with Gasteiger partial charge in [0.1, 0.15) is 0 Å². The van der Waals surface area contributed by atoms with E-state index in [1.165, 1.54) is 0 Å². The first-order chi connectivity index (χ1) is 7.77. The van der Waals surface area contributed by atoms with Crippen molar-refractivity contribution in [3.63, 3.8) is 0 Å². The molecule has 0 aliphatic heterocycles. The molecule has 0 saturated heterocycles. The maximum atomic E-state index is 5.89. The van der Waals surface area contributed by atoms with Crippen LogP contribution in [0.25, 0.3) is 11.0 Å². The molecule has 86 valence electrons. The second-order valence-electron chi connectivity index (χ2n) is 3.72. The molecule has 0 radical (unpaired) electrons. The lowest BCUT2D eigenvalue weighted by Gasteiger charge is -2.08. The van der Waals surface area contributed by atoms with Gasteiger partial charge in [0, 0.05) is 13.1 Å². The highest BCUT2D eigenvalue weighted by Crippen LogP contribution is 2.27. The molecule has 2 aromatic heterocycles. The van der Waals surface area contributed by atoms with E-state index in [-0.39, 0.29) is 0 Å². The highest BCUT2D eigenvalue weighted by atomic mass is 15.3. The highest BCUT2D eigenvalue weighted by Gasteiger charge is 2.10. The molecule has 0 aliphatic carbocycles. The van der Waals surface area contributed by atoms with Gasteiger partial charge in [0.05, 0.1) is 29.2 Å². The zero-order valence-corrected chi connectivity index (χ0v) is 9.70. The molecule has 0 fully saturated rings. The van der Waals surface area contributed by atoms with Gasteiger partial charge in [-0.1, -0.05) is 6.92 Å². The first-order valence-electron chi connectivity index (χ1n) is 5.61. The molecule has 0 aromatic carbocycles. The van der Waals surface area contributed by atoms with Crippen molar-refractivity contribution in [2.45, 2.75) is 26.8 Å². The lowest BCUT2D eigenvalue weighted by Crippen LogP contribution is -2.04. The van der Waals surface area contributed by atoms with Crippen LogP contribution < -0.4 is 11.1 Å². The van der Waals surface area contributed by atoms with Crippen molar-refractivity contribution in [1.82, 2.24) is 14.8 Å². The van der Waals surface area contributed by atoms with Gasteiger partial charge in [-0.3, -0.25) is 0 Å². The topological polar surface area (TPSA) is 68.8 Å². The molecular weight excluding hydrogens is 202 g/mol. The molecule has 3 N–H and O–H groups in total. The number of hydrogen-bond donors (Lipinski definition) is 2. The number of nitrogen functional groups attached to an aromatic ring is 1. The number of aryl methyl sites for hydroxylation is 1. The normalized spacial score (nSPS) is 10.9. The molecule has 0 atom stereocenters.